The molecule has 0 aliphatic carbocycles. The maximum Gasteiger partial charge on any atom is 0.286 e. The van der Waals surface area contributed by atoms with Crippen LogP contribution in [-0.2, 0) is 14.8 Å². The standard InChI is InChI=1S/C22H22ClN3O5S/c1-15-6-9-18(14-20(15)32(29,30)26-17-10-7-16(23)8-11-17)25-21(27)5-2-12-24-22(28)19-4-3-13-31-19/h3-4,6-11,13-14,26H,2,5,12H2,1H3,(H,24,28)(H,25,27). The average molecular weight is 476 g/mol. The number of carbonyl (C=O) groups is 2. The van der Waals surface area contributed by atoms with Crippen LogP contribution in [0.25, 0.3) is 0 Å². The van der Waals surface area contributed by atoms with Gasteiger partial charge >= 0.3 is 0 Å². The van der Waals surface area contributed by atoms with Gasteiger partial charge in [-0.05, 0) is 67.4 Å². The van der Waals surface area contributed by atoms with E-state index in [4.69, 9.17) is 16.0 Å². The molecule has 0 fully saturated rings. The van der Waals surface area contributed by atoms with Crippen LogP contribution in [0.4, 0.5) is 11.4 Å². The Kier molecular flexibility index (Phi) is 7.55. The second kappa shape index (κ2) is 10.3. The predicted molar refractivity (Wildman–Crippen MR) is 122 cm³/mol. The first-order chi connectivity index (χ1) is 15.2. The molecule has 0 bridgehead atoms. The fourth-order valence-corrected chi connectivity index (χ4v) is 4.32. The molecule has 0 spiro atoms. The fourth-order valence-electron chi connectivity index (χ4n) is 2.86. The molecule has 168 valence electrons. The Bertz CT molecular complexity index is 1190. The van der Waals surface area contributed by atoms with E-state index in [0.29, 0.717) is 34.9 Å². The number of hydrogen-bond donors (Lipinski definition) is 3. The SMILES string of the molecule is Cc1ccc(NC(=O)CCCNC(=O)c2ccco2)cc1S(=O)(=O)Nc1ccc(Cl)cc1. The van der Waals surface area contributed by atoms with Gasteiger partial charge in [0.2, 0.25) is 5.91 Å². The first-order valence-electron chi connectivity index (χ1n) is 9.75. The van der Waals surface area contributed by atoms with Crippen LogP contribution < -0.4 is 15.4 Å². The summed E-state index contributed by atoms with van der Waals surface area (Å²) in [6.45, 7) is 1.97. The molecule has 2 amide bonds. The molecule has 3 N–H and O–H groups in total. The van der Waals surface area contributed by atoms with Gasteiger partial charge < -0.3 is 15.1 Å². The predicted octanol–water partition coefficient (Wildman–Crippen LogP) is 4.19. The van der Waals surface area contributed by atoms with E-state index >= 15 is 0 Å². The lowest BCUT2D eigenvalue weighted by molar-refractivity contribution is -0.116. The van der Waals surface area contributed by atoms with Crippen molar-refractivity contribution in [3.63, 3.8) is 0 Å². The molecular formula is C22H22ClN3O5S. The Morgan fingerprint density at radius 3 is 2.44 bits per heavy atom. The molecule has 32 heavy (non-hydrogen) atoms. The average Bonchev–Trinajstić information content (AvgIpc) is 3.29. The topological polar surface area (TPSA) is 118 Å². The monoisotopic (exact) mass is 475 g/mol. The largest absolute Gasteiger partial charge is 0.459 e. The van der Waals surface area contributed by atoms with E-state index in [-0.39, 0.29) is 28.9 Å². The van der Waals surface area contributed by atoms with Crippen LogP contribution in [0, 0.1) is 6.92 Å². The molecule has 0 atom stereocenters. The summed E-state index contributed by atoms with van der Waals surface area (Å²) < 4.78 is 33.1. The van der Waals surface area contributed by atoms with Crippen LogP contribution in [0.5, 0.6) is 0 Å². The van der Waals surface area contributed by atoms with Crippen molar-refractivity contribution < 1.29 is 22.4 Å². The van der Waals surface area contributed by atoms with Crippen molar-refractivity contribution >= 4 is 44.8 Å². The molecule has 0 aliphatic rings. The minimum absolute atomic E-state index is 0.0518. The second-order valence-corrected chi connectivity index (χ2v) is 9.06. The summed E-state index contributed by atoms with van der Waals surface area (Å²) >= 11 is 5.84. The summed E-state index contributed by atoms with van der Waals surface area (Å²) in [4.78, 5) is 24.1. The fraction of sp³-hybridized carbons (Fsp3) is 0.182. The van der Waals surface area contributed by atoms with Crippen LogP contribution in [-0.4, -0.2) is 26.8 Å². The van der Waals surface area contributed by atoms with Crippen molar-refractivity contribution in [1.82, 2.24) is 5.32 Å². The van der Waals surface area contributed by atoms with Crippen LogP contribution in [0.2, 0.25) is 5.02 Å². The van der Waals surface area contributed by atoms with E-state index in [9.17, 15) is 18.0 Å². The van der Waals surface area contributed by atoms with Crippen molar-refractivity contribution in [3.05, 3.63) is 77.2 Å². The van der Waals surface area contributed by atoms with Gasteiger partial charge in [0, 0.05) is 29.4 Å². The highest BCUT2D eigenvalue weighted by molar-refractivity contribution is 7.92. The zero-order valence-corrected chi connectivity index (χ0v) is 18.8. The number of hydrogen-bond acceptors (Lipinski definition) is 5. The lowest BCUT2D eigenvalue weighted by atomic mass is 10.2. The first kappa shape index (κ1) is 23.4. The molecule has 8 nitrogen and oxygen atoms in total. The number of benzene rings is 2. The van der Waals surface area contributed by atoms with Gasteiger partial charge in [0.1, 0.15) is 0 Å². The number of amides is 2. The number of halogens is 1. The van der Waals surface area contributed by atoms with Crippen LogP contribution in [0.1, 0.15) is 29.0 Å². The highest BCUT2D eigenvalue weighted by Crippen LogP contribution is 2.24. The molecule has 1 heterocycles. The van der Waals surface area contributed by atoms with Gasteiger partial charge in [-0.2, -0.15) is 0 Å². The van der Waals surface area contributed by atoms with E-state index in [1.54, 1.807) is 55.5 Å². The number of carbonyl (C=O) groups excluding carboxylic acids is 2. The van der Waals surface area contributed by atoms with E-state index in [2.05, 4.69) is 15.4 Å². The van der Waals surface area contributed by atoms with Gasteiger partial charge in [0.25, 0.3) is 15.9 Å². The summed E-state index contributed by atoms with van der Waals surface area (Å²) in [7, 11) is -3.87. The maximum atomic E-state index is 12.8. The molecule has 2 aromatic carbocycles. The molecule has 0 unspecified atom stereocenters. The summed E-state index contributed by atoms with van der Waals surface area (Å²) in [5.41, 5.74) is 1.27. The van der Waals surface area contributed by atoms with E-state index in [0.717, 1.165) is 0 Å². The van der Waals surface area contributed by atoms with Gasteiger partial charge in [-0.15, -0.1) is 0 Å². The number of rotatable bonds is 9. The molecule has 10 heteroatoms. The molecule has 0 radical (unpaired) electrons. The highest BCUT2D eigenvalue weighted by Gasteiger charge is 2.18. The van der Waals surface area contributed by atoms with Crippen molar-refractivity contribution in [1.29, 1.82) is 0 Å². The Morgan fingerprint density at radius 1 is 1.03 bits per heavy atom. The first-order valence-corrected chi connectivity index (χ1v) is 11.6. The maximum absolute atomic E-state index is 12.8. The van der Waals surface area contributed by atoms with Crippen LogP contribution in [0.15, 0.2) is 70.2 Å². The van der Waals surface area contributed by atoms with Gasteiger partial charge in [0.05, 0.1) is 11.2 Å². The molecule has 0 saturated heterocycles. The minimum atomic E-state index is -3.87. The molecular weight excluding hydrogens is 454 g/mol. The Labute approximate surface area is 191 Å². The lowest BCUT2D eigenvalue weighted by Crippen LogP contribution is -2.25. The van der Waals surface area contributed by atoms with Crippen LogP contribution >= 0.6 is 11.6 Å². The van der Waals surface area contributed by atoms with Gasteiger partial charge in [0.15, 0.2) is 5.76 Å². The van der Waals surface area contributed by atoms with Gasteiger partial charge in [-0.1, -0.05) is 17.7 Å². The quantitative estimate of drug-likeness (QED) is 0.401. The highest BCUT2D eigenvalue weighted by atomic mass is 35.5. The van der Waals surface area contributed by atoms with Crippen molar-refractivity contribution in [3.8, 4) is 0 Å². The number of sulfonamides is 1. The summed E-state index contributed by atoms with van der Waals surface area (Å²) in [5.74, 6) is -0.442. The molecule has 1 aromatic heterocycles. The summed E-state index contributed by atoms with van der Waals surface area (Å²) in [6.07, 6.45) is 1.97. The van der Waals surface area contributed by atoms with Gasteiger partial charge in [-0.25, -0.2) is 8.42 Å². The van der Waals surface area contributed by atoms with Crippen molar-refractivity contribution in [2.75, 3.05) is 16.6 Å². The van der Waals surface area contributed by atoms with Crippen LogP contribution in [0.3, 0.4) is 0 Å². The second-order valence-electron chi connectivity index (χ2n) is 6.98. The summed E-state index contributed by atoms with van der Waals surface area (Å²) in [6, 6.07) is 14.1. The molecule has 3 aromatic rings. The number of furan rings is 1. The molecule has 0 aliphatic heterocycles. The number of aryl methyl sites for hydroxylation is 1. The number of nitrogens with one attached hydrogen (secondary N) is 3. The van der Waals surface area contributed by atoms with E-state index in [1.165, 1.54) is 12.3 Å². The Balaban J connectivity index is 1.56. The smallest absolute Gasteiger partial charge is 0.286 e. The zero-order chi connectivity index (χ0) is 23.1. The van der Waals surface area contributed by atoms with E-state index < -0.39 is 10.0 Å². The number of anilines is 2. The third-order valence-corrected chi connectivity index (χ3v) is 6.24. The van der Waals surface area contributed by atoms with Crippen molar-refractivity contribution in [2.24, 2.45) is 0 Å². The van der Waals surface area contributed by atoms with Gasteiger partial charge in [-0.3, -0.25) is 14.3 Å². The molecule has 0 saturated carbocycles. The lowest BCUT2D eigenvalue weighted by Gasteiger charge is -2.13. The zero-order valence-electron chi connectivity index (χ0n) is 17.2. The Hall–Kier alpha value is -3.30. The minimum Gasteiger partial charge on any atom is -0.459 e. The Morgan fingerprint density at radius 2 is 1.75 bits per heavy atom. The van der Waals surface area contributed by atoms with Crippen molar-refractivity contribution in [2.45, 2.75) is 24.7 Å². The molecule has 3 rings (SSSR count). The third kappa shape index (κ3) is 6.35. The normalized spacial score (nSPS) is 11.1. The summed E-state index contributed by atoms with van der Waals surface area (Å²) in [5, 5.41) is 5.84. The third-order valence-electron chi connectivity index (χ3n) is 4.47. The van der Waals surface area contributed by atoms with E-state index in [1.807, 2.05) is 0 Å².